The van der Waals surface area contributed by atoms with Crippen LogP contribution in [0.2, 0.25) is 0 Å². The number of nitrogens with one attached hydrogen (secondary N) is 2. The van der Waals surface area contributed by atoms with Crippen LogP contribution < -0.4 is 34.9 Å². The molecule has 1 saturated carbocycles. The highest BCUT2D eigenvalue weighted by atomic mass is 16.5. The Morgan fingerprint density at radius 3 is 2.33 bits per heavy atom. The SMILES string of the molecule is COc1cc(/C(C=N)=C/N)ccc1CN(C(=O)[C@@H]1CCCN(c2c(OC)ccc(OC(C)(C)C(=O)N3CCNCC3)c2OC)C1)C1CC1. The Balaban J connectivity index is 1.37. The molecule has 12 nitrogen and oxygen atoms in total. The van der Waals surface area contributed by atoms with Crippen LogP contribution in [-0.2, 0) is 16.1 Å². The summed E-state index contributed by atoms with van der Waals surface area (Å²) in [5.74, 6) is 1.98. The van der Waals surface area contributed by atoms with Gasteiger partial charge in [0, 0.05) is 75.4 Å². The van der Waals surface area contributed by atoms with Gasteiger partial charge in [-0.1, -0.05) is 12.1 Å². The molecule has 0 unspecified atom stereocenters. The quantitative estimate of drug-likeness (QED) is 0.274. The van der Waals surface area contributed by atoms with Crippen molar-refractivity contribution >= 4 is 29.3 Å². The molecule has 1 atom stereocenters. The molecule has 12 heteroatoms. The van der Waals surface area contributed by atoms with Crippen molar-refractivity contribution in [1.82, 2.24) is 15.1 Å². The second-order valence-corrected chi connectivity index (χ2v) is 13.1. The van der Waals surface area contributed by atoms with Gasteiger partial charge in [0.05, 0.1) is 27.2 Å². The van der Waals surface area contributed by atoms with Gasteiger partial charge in [-0.3, -0.25) is 9.59 Å². The number of carbonyl (C=O) groups excluding carboxylic acids is 2. The van der Waals surface area contributed by atoms with Crippen molar-refractivity contribution in [3.8, 4) is 23.0 Å². The third-order valence-corrected chi connectivity index (χ3v) is 9.42. The zero-order valence-corrected chi connectivity index (χ0v) is 28.8. The first-order valence-corrected chi connectivity index (χ1v) is 16.7. The number of hydrogen-bond donors (Lipinski definition) is 3. The molecule has 2 amide bonds. The Morgan fingerprint density at radius 2 is 1.71 bits per heavy atom. The minimum Gasteiger partial charge on any atom is -0.496 e. The van der Waals surface area contributed by atoms with E-state index in [-0.39, 0.29) is 23.8 Å². The number of anilines is 1. The summed E-state index contributed by atoms with van der Waals surface area (Å²) < 4.78 is 23.9. The molecule has 0 radical (unpaired) electrons. The number of ether oxygens (including phenoxy) is 4. The van der Waals surface area contributed by atoms with Gasteiger partial charge in [-0.2, -0.15) is 0 Å². The van der Waals surface area contributed by atoms with Crippen LogP contribution in [0.5, 0.6) is 23.0 Å². The average molecular weight is 663 g/mol. The normalized spacial score (nSPS) is 18.6. The van der Waals surface area contributed by atoms with Gasteiger partial charge in [-0.25, -0.2) is 0 Å². The second kappa shape index (κ2) is 15.2. The first-order chi connectivity index (χ1) is 23.1. The maximum absolute atomic E-state index is 14.3. The first kappa shape index (κ1) is 34.9. The van der Waals surface area contributed by atoms with Gasteiger partial charge in [0.25, 0.3) is 5.91 Å². The summed E-state index contributed by atoms with van der Waals surface area (Å²) in [6.07, 6.45) is 6.14. The van der Waals surface area contributed by atoms with Crippen LogP contribution in [0.25, 0.3) is 5.57 Å². The average Bonchev–Trinajstić information content (AvgIpc) is 3.96. The number of rotatable bonds is 13. The lowest BCUT2D eigenvalue weighted by Crippen LogP contribution is -2.54. The fraction of sp³-hybridized carbons (Fsp3) is 0.528. The predicted molar refractivity (Wildman–Crippen MR) is 186 cm³/mol. The van der Waals surface area contributed by atoms with Crippen LogP contribution >= 0.6 is 0 Å². The molecule has 0 aromatic heterocycles. The number of benzene rings is 2. The van der Waals surface area contributed by atoms with Crippen LogP contribution in [0.4, 0.5) is 5.69 Å². The first-order valence-electron chi connectivity index (χ1n) is 16.7. The summed E-state index contributed by atoms with van der Waals surface area (Å²) in [6.45, 7) is 7.97. The summed E-state index contributed by atoms with van der Waals surface area (Å²) in [5.41, 5.74) is 7.58. The van der Waals surface area contributed by atoms with E-state index in [0.29, 0.717) is 67.0 Å². The fourth-order valence-corrected chi connectivity index (χ4v) is 6.70. The molecule has 3 fully saturated rings. The maximum Gasteiger partial charge on any atom is 0.266 e. The van der Waals surface area contributed by atoms with E-state index in [9.17, 15) is 9.59 Å². The molecule has 2 aromatic carbocycles. The lowest BCUT2D eigenvalue weighted by atomic mass is 9.95. The van der Waals surface area contributed by atoms with Crippen molar-refractivity contribution in [2.45, 2.75) is 57.7 Å². The molecule has 260 valence electrons. The fourth-order valence-electron chi connectivity index (χ4n) is 6.70. The van der Waals surface area contributed by atoms with Crippen molar-refractivity contribution in [2.75, 3.05) is 65.5 Å². The van der Waals surface area contributed by atoms with E-state index in [1.807, 2.05) is 34.1 Å². The highest BCUT2D eigenvalue weighted by Gasteiger charge is 2.40. The van der Waals surface area contributed by atoms with Gasteiger partial charge < -0.3 is 50.1 Å². The van der Waals surface area contributed by atoms with E-state index >= 15 is 0 Å². The van der Waals surface area contributed by atoms with E-state index < -0.39 is 5.60 Å². The van der Waals surface area contributed by atoms with Gasteiger partial charge in [0.15, 0.2) is 17.1 Å². The summed E-state index contributed by atoms with van der Waals surface area (Å²) in [5, 5.41) is 10.9. The van der Waals surface area contributed by atoms with Crippen LogP contribution in [-0.4, -0.2) is 100 Å². The summed E-state index contributed by atoms with van der Waals surface area (Å²) >= 11 is 0. The molecular weight excluding hydrogens is 612 g/mol. The number of allylic oxidation sites excluding steroid dienone is 1. The number of hydrogen-bond acceptors (Lipinski definition) is 10. The molecule has 2 aromatic rings. The monoisotopic (exact) mass is 662 g/mol. The zero-order valence-electron chi connectivity index (χ0n) is 28.8. The Labute approximate surface area is 283 Å². The minimum absolute atomic E-state index is 0.0792. The van der Waals surface area contributed by atoms with Crippen molar-refractivity contribution < 1.29 is 28.5 Å². The molecule has 2 aliphatic heterocycles. The number of amides is 2. The van der Waals surface area contributed by atoms with Crippen molar-refractivity contribution in [2.24, 2.45) is 11.7 Å². The lowest BCUT2D eigenvalue weighted by Gasteiger charge is -2.38. The van der Waals surface area contributed by atoms with Crippen LogP contribution in [0.15, 0.2) is 36.5 Å². The maximum atomic E-state index is 14.3. The number of carbonyl (C=O) groups is 2. The molecule has 1 aliphatic carbocycles. The van der Waals surface area contributed by atoms with Crippen LogP contribution in [0, 0.1) is 11.3 Å². The number of methoxy groups -OCH3 is 3. The van der Waals surface area contributed by atoms with Gasteiger partial charge in [0.1, 0.15) is 17.2 Å². The molecule has 0 bridgehead atoms. The van der Waals surface area contributed by atoms with E-state index in [4.69, 9.17) is 30.1 Å². The van der Waals surface area contributed by atoms with Gasteiger partial charge in [0.2, 0.25) is 5.91 Å². The minimum atomic E-state index is -1.12. The third kappa shape index (κ3) is 7.48. The number of nitrogens with zero attached hydrogens (tertiary/aromatic N) is 3. The Morgan fingerprint density at radius 1 is 1.00 bits per heavy atom. The second-order valence-electron chi connectivity index (χ2n) is 13.1. The molecule has 4 N–H and O–H groups in total. The Bertz CT molecular complexity index is 1520. The summed E-state index contributed by atoms with van der Waals surface area (Å²) in [6, 6.07) is 9.53. The van der Waals surface area contributed by atoms with E-state index in [0.717, 1.165) is 49.9 Å². The molecule has 5 rings (SSSR count). The van der Waals surface area contributed by atoms with Gasteiger partial charge in [-0.05, 0) is 63.3 Å². The molecule has 3 aliphatic rings. The van der Waals surface area contributed by atoms with E-state index in [1.165, 1.54) is 12.4 Å². The topological polar surface area (TPSA) is 143 Å². The molecular formula is C36H50N6O6. The zero-order chi connectivity index (χ0) is 34.4. The molecule has 48 heavy (non-hydrogen) atoms. The highest BCUT2D eigenvalue weighted by Crippen LogP contribution is 2.47. The smallest absolute Gasteiger partial charge is 0.266 e. The summed E-state index contributed by atoms with van der Waals surface area (Å²) in [4.78, 5) is 33.7. The van der Waals surface area contributed by atoms with Crippen molar-refractivity contribution in [3.05, 3.63) is 47.7 Å². The molecule has 0 spiro atoms. The van der Waals surface area contributed by atoms with Gasteiger partial charge >= 0.3 is 0 Å². The third-order valence-electron chi connectivity index (χ3n) is 9.42. The molecule has 2 saturated heterocycles. The van der Waals surface area contributed by atoms with Crippen molar-refractivity contribution in [1.29, 1.82) is 5.41 Å². The van der Waals surface area contributed by atoms with Gasteiger partial charge in [-0.15, -0.1) is 0 Å². The number of piperidine rings is 1. The Kier molecular flexibility index (Phi) is 11.0. The van der Waals surface area contributed by atoms with Crippen LogP contribution in [0.3, 0.4) is 0 Å². The predicted octanol–water partition coefficient (Wildman–Crippen LogP) is 3.66. The van der Waals surface area contributed by atoms with Crippen molar-refractivity contribution in [3.63, 3.8) is 0 Å². The van der Waals surface area contributed by atoms with E-state index in [1.54, 1.807) is 41.2 Å². The van der Waals surface area contributed by atoms with Crippen LogP contribution in [0.1, 0.15) is 50.7 Å². The largest absolute Gasteiger partial charge is 0.496 e. The summed E-state index contributed by atoms with van der Waals surface area (Å²) in [7, 11) is 4.82. The number of piperazine rings is 1. The lowest BCUT2D eigenvalue weighted by molar-refractivity contribution is -0.146. The number of nitrogens with two attached hydrogens (primary N) is 1. The Hall–Kier alpha value is -4.45. The molecule has 2 heterocycles. The standard InChI is InChI=1S/C36H50N6O6/c1-36(2,35(44)40-17-14-39-15-18-40)48-30-13-12-29(45-3)32(33(30)47-5)41-16-6-7-26(22-41)34(43)42(28-10-11-28)23-25-9-8-24(19-31(25)46-4)27(20-37)21-38/h8-9,12-13,19-21,26,28,37,39H,6-7,10-11,14-18,22-23,38H2,1-5H3/b27-21+,37-20?/t26-/m1/s1. The van der Waals surface area contributed by atoms with E-state index in [2.05, 4.69) is 10.2 Å². The highest BCUT2D eigenvalue weighted by molar-refractivity contribution is 6.08.